The number of hydrogen-bond acceptors (Lipinski definition) is 5. The van der Waals surface area contributed by atoms with Crippen molar-refractivity contribution in [3.8, 4) is 5.75 Å². The van der Waals surface area contributed by atoms with Crippen molar-refractivity contribution in [1.82, 2.24) is 24.8 Å². The number of nitrogens with zero attached hydrogens (tertiary/aromatic N) is 5. The van der Waals surface area contributed by atoms with E-state index < -0.39 is 0 Å². The molecule has 2 fully saturated rings. The number of urea groups is 1. The minimum atomic E-state index is -0.245. The largest absolute Gasteiger partial charge is 0.492 e. The molecular formula is C17H20BrN5O3. The minimum absolute atomic E-state index is 0.148. The van der Waals surface area contributed by atoms with E-state index in [2.05, 4.69) is 26.2 Å². The van der Waals surface area contributed by atoms with Gasteiger partial charge in [0.25, 0.3) is 0 Å². The highest BCUT2D eigenvalue weighted by molar-refractivity contribution is 9.10. The Bertz CT molecular complexity index is 863. The third kappa shape index (κ3) is 3.27. The van der Waals surface area contributed by atoms with Gasteiger partial charge in [-0.15, -0.1) is 5.10 Å². The molecule has 138 valence electrons. The van der Waals surface area contributed by atoms with Crippen LogP contribution in [0.15, 0.2) is 16.6 Å². The summed E-state index contributed by atoms with van der Waals surface area (Å²) in [6, 6.07) is 3.65. The standard InChI is InChI=1S/C17H20BrN5O3/c1-21-14(24)10-22(17(21)25)7-2-8-26-13-6-5-12-16(15(13)18)19-20-23(12)9-11-3-4-11/h5-6,11H,2-4,7-10H2,1H3. The molecule has 0 spiro atoms. The molecule has 1 aliphatic heterocycles. The van der Waals surface area contributed by atoms with Crippen LogP contribution in [0.4, 0.5) is 4.79 Å². The molecule has 2 heterocycles. The number of imide groups is 1. The van der Waals surface area contributed by atoms with E-state index in [0.29, 0.717) is 25.3 Å². The summed E-state index contributed by atoms with van der Waals surface area (Å²) in [6.45, 7) is 2.00. The normalized spacial score (nSPS) is 17.6. The van der Waals surface area contributed by atoms with E-state index in [1.54, 1.807) is 0 Å². The van der Waals surface area contributed by atoms with Crippen molar-refractivity contribution in [1.29, 1.82) is 0 Å². The zero-order valence-electron chi connectivity index (χ0n) is 14.5. The van der Waals surface area contributed by atoms with Gasteiger partial charge in [0.15, 0.2) is 0 Å². The van der Waals surface area contributed by atoms with Crippen molar-refractivity contribution in [3.05, 3.63) is 16.6 Å². The van der Waals surface area contributed by atoms with Crippen LogP contribution in [0, 0.1) is 5.92 Å². The van der Waals surface area contributed by atoms with E-state index in [1.165, 1.54) is 24.8 Å². The lowest BCUT2D eigenvalue weighted by molar-refractivity contribution is -0.124. The molecule has 0 radical (unpaired) electrons. The summed E-state index contributed by atoms with van der Waals surface area (Å²) in [4.78, 5) is 26.0. The van der Waals surface area contributed by atoms with Gasteiger partial charge in [-0.1, -0.05) is 5.21 Å². The number of halogens is 1. The molecule has 26 heavy (non-hydrogen) atoms. The van der Waals surface area contributed by atoms with E-state index in [9.17, 15) is 9.59 Å². The molecule has 0 bridgehead atoms. The highest BCUT2D eigenvalue weighted by Crippen LogP contribution is 2.34. The monoisotopic (exact) mass is 421 g/mol. The molecule has 2 aromatic rings. The minimum Gasteiger partial charge on any atom is -0.492 e. The number of hydrogen-bond donors (Lipinski definition) is 0. The van der Waals surface area contributed by atoms with E-state index in [0.717, 1.165) is 32.9 Å². The Morgan fingerprint density at radius 3 is 2.81 bits per heavy atom. The van der Waals surface area contributed by atoms with Crippen LogP contribution < -0.4 is 4.74 Å². The molecule has 1 saturated heterocycles. The molecule has 8 nitrogen and oxygen atoms in total. The van der Waals surface area contributed by atoms with E-state index in [1.807, 2.05) is 16.8 Å². The van der Waals surface area contributed by atoms with Crippen LogP contribution in [0.1, 0.15) is 19.3 Å². The topological polar surface area (TPSA) is 80.6 Å². The molecule has 0 atom stereocenters. The predicted octanol–water partition coefficient (Wildman–Crippen LogP) is 2.27. The number of benzene rings is 1. The van der Waals surface area contributed by atoms with Gasteiger partial charge in [0, 0.05) is 20.1 Å². The number of amides is 3. The fourth-order valence-electron chi connectivity index (χ4n) is 3.05. The highest BCUT2D eigenvalue weighted by Gasteiger charge is 2.32. The first-order valence-corrected chi connectivity index (χ1v) is 9.54. The number of ether oxygens (including phenoxy) is 1. The van der Waals surface area contributed by atoms with E-state index in [-0.39, 0.29) is 18.5 Å². The molecule has 2 aliphatic rings. The maximum atomic E-state index is 11.8. The van der Waals surface area contributed by atoms with Gasteiger partial charge >= 0.3 is 6.03 Å². The lowest BCUT2D eigenvalue weighted by Gasteiger charge is -2.15. The number of carbonyl (C=O) groups excluding carboxylic acids is 2. The molecule has 0 unspecified atom stereocenters. The zero-order chi connectivity index (χ0) is 18.3. The van der Waals surface area contributed by atoms with Gasteiger partial charge in [0.05, 0.1) is 16.6 Å². The second kappa shape index (κ2) is 6.86. The molecule has 4 rings (SSSR count). The first-order chi connectivity index (χ1) is 12.5. The summed E-state index contributed by atoms with van der Waals surface area (Å²) in [7, 11) is 1.50. The van der Waals surface area contributed by atoms with Crippen molar-refractivity contribution < 1.29 is 14.3 Å². The van der Waals surface area contributed by atoms with Crippen molar-refractivity contribution in [2.45, 2.75) is 25.8 Å². The van der Waals surface area contributed by atoms with Crippen LogP contribution in [0.5, 0.6) is 5.75 Å². The third-order valence-corrected chi connectivity index (χ3v) is 5.57. The number of rotatable bonds is 7. The average molecular weight is 422 g/mol. The molecule has 1 saturated carbocycles. The van der Waals surface area contributed by atoms with Gasteiger partial charge < -0.3 is 9.64 Å². The second-order valence-electron chi connectivity index (χ2n) is 6.82. The van der Waals surface area contributed by atoms with Crippen molar-refractivity contribution in [2.24, 2.45) is 5.92 Å². The van der Waals surface area contributed by atoms with Crippen LogP contribution in [0.3, 0.4) is 0 Å². The fraction of sp³-hybridized carbons (Fsp3) is 0.529. The lowest BCUT2D eigenvalue weighted by Crippen LogP contribution is -2.31. The Hall–Kier alpha value is -2.16. The SMILES string of the molecule is CN1C(=O)CN(CCCOc2ccc3c(nnn3CC3CC3)c2Br)C1=O. The summed E-state index contributed by atoms with van der Waals surface area (Å²) in [5.41, 5.74) is 1.80. The predicted molar refractivity (Wildman–Crippen MR) is 97.8 cm³/mol. The Balaban J connectivity index is 1.35. The van der Waals surface area contributed by atoms with Crippen molar-refractivity contribution in [3.63, 3.8) is 0 Å². The van der Waals surface area contributed by atoms with Crippen LogP contribution in [-0.4, -0.2) is 63.5 Å². The quantitative estimate of drug-likeness (QED) is 0.505. The van der Waals surface area contributed by atoms with Crippen molar-refractivity contribution >= 4 is 38.9 Å². The highest BCUT2D eigenvalue weighted by atomic mass is 79.9. The van der Waals surface area contributed by atoms with Gasteiger partial charge in [-0.2, -0.15) is 0 Å². The molecular weight excluding hydrogens is 402 g/mol. The molecule has 0 N–H and O–H groups in total. The number of aromatic nitrogens is 3. The van der Waals surface area contributed by atoms with Crippen LogP contribution in [0.2, 0.25) is 0 Å². The van der Waals surface area contributed by atoms with Crippen LogP contribution in [0.25, 0.3) is 11.0 Å². The summed E-state index contributed by atoms with van der Waals surface area (Å²) in [6.07, 6.45) is 3.18. The third-order valence-electron chi connectivity index (χ3n) is 4.81. The molecule has 1 aromatic heterocycles. The van der Waals surface area contributed by atoms with Gasteiger partial charge in [-0.25, -0.2) is 9.48 Å². The van der Waals surface area contributed by atoms with Crippen LogP contribution >= 0.6 is 15.9 Å². The van der Waals surface area contributed by atoms with Crippen molar-refractivity contribution in [2.75, 3.05) is 26.7 Å². The van der Waals surface area contributed by atoms with Gasteiger partial charge in [-0.3, -0.25) is 9.69 Å². The Labute approximate surface area is 159 Å². The lowest BCUT2D eigenvalue weighted by atomic mass is 10.3. The first kappa shape index (κ1) is 17.3. The average Bonchev–Trinajstić information content (AvgIpc) is 3.30. The molecule has 9 heteroatoms. The Morgan fingerprint density at radius 2 is 2.12 bits per heavy atom. The van der Waals surface area contributed by atoms with E-state index in [4.69, 9.17) is 4.74 Å². The zero-order valence-corrected chi connectivity index (χ0v) is 16.1. The van der Waals surface area contributed by atoms with Gasteiger partial charge in [-0.05, 0) is 53.2 Å². The van der Waals surface area contributed by atoms with Crippen LogP contribution in [-0.2, 0) is 11.3 Å². The maximum Gasteiger partial charge on any atom is 0.326 e. The smallest absolute Gasteiger partial charge is 0.326 e. The summed E-state index contributed by atoms with van der Waals surface area (Å²) >= 11 is 3.56. The van der Waals surface area contributed by atoms with E-state index >= 15 is 0 Å². The fourth-order valence-corrected chi connectivity index (χ4v) is 3.57. The number of carbonyl (C=O) groups is 2. The van der Waals surface area contributed by atoms with Gasteiger partial charge in [0.1, 0.15) is 17.8 Å². The first-order valence-electron chi connectivity index (χ1n) is 8.74. The summed E-state index contributed by atoms with van der Waals surface area (Å²) in [5.74, 6) is 1.27. The summed E-state index contributed by atoms with van der Waals surface area (Å²) in [5, 5.41) is 8.52. The second-order valence-corrected chi connectivity index (χ2v) is 7.61. The maximum absolute atomic E-state index is 11.8. The van der Waals surface area contributed by atoms with Gasteiger partial charge in [0.2, 0.25) is 5.91 Å². The molecule has 3 amide bonds. The Kier molecular flexibility index (Phi) is 4.56. The molecule has 1 aliphatic carbocycles. The summed E-state index contributed by atoms with van der Waals surface area (Å²) < 4.78 is 8.58. The Morgan fingerprint density at radius 1 is 1.31 bits per heavy atom. The molecule has 1 aromatic carbocycles. The number of fused-ring (bicyclic) bond motifs is 1. The number of likely N-dealkylation sites (N-methyl/N-ethyl adjacent to an activating group) is 1.